The van der Waals surface area contributed by atoms with E-state index in [0.717, 1.165) is 17.0 Å². The Kier molecular flexibility index (Phi) is 4.56. The number of rotatable bonds is 4. The molecule has 1 aromatic heterocycles. The van der Waals surface area contributed by atoms with Gasteiger partial charge in [-0.1, -0.05) is 30.7 Å². The van der Waals surface area contributed by atoms with Crippen molar-refractivity contribution in [2.24, 2.45) is 0 Å². The minimum atomic E-state index is -0.120. The van der Waals surface area contributed by atoms with Crippen molar-refractivity contribution in [3.05, 3.63) is 40.4 Å². The Morgan fingerprint density at radius 2 is 2.11 bits per heavy atom. The first-order valence-corrected chi connectivity index (χ1v) is 7.38. The summed E-state index contributed by atoms with van der Waals surface area (Å²) in [5.41, 5.74) is 1.44. The number of nitrogens with zero attached hydrogens (tertiary/aromatic N) is 1. The number of thiazole rings is 1. The van der Waals surface area contributed by atoms with Gasteiger partial charge >= 0.3 is 0 Å². The van der Waals surface area contributed by atoms with Crippen LogP contribution < -0.4 is 5.32 Å². The van der Waals surface area contributed by atoms with Gasteiger partial charge in [0.15, 0.2) is 0 Å². The standard InChI is InChI=1S/C14H15ClN2OS/c1-3-9(2)16-13(18)12-8-19-14(17-12)10-4-6-11(15)7-5-10/h4-9H,3H2,1-2H3,(H,16,18). The number of hydrogen-bond donors (Lipinski definition) is 1. The van der Waals surface area contributed by atoms with E-state index < -0.39 is 0 Å². The zero-order valence-corrected chi connectivity index (χ0v) is 12.4. The number of amides is 1. The molecule has 0 saturated heterocycles. The first-order chi connectivity index (χ1) is 9.10. The largest absolute Gasteiger partial charge is 0.348 e. The lowest BCUT2D eigenvalue weighted by molar-refractivity contribution is 0.0935. The summed E-state index contributed by atoms with van der Waals surface area (Å²) < 4.78 is 0. The van der Waals surface area contributed by atoms with E-state index in [1.807, 2.05) is 38.1 Å². The SMILES string of the molecule is CCC(C)NC(=O)c1csc(-c2ccc(Cl)cc2)n1. The molecule has 1 amide bonds. The average molecular weight is 295 g/mol. The van der Waals surface area contributed by atoms with Crippen LogP contribution in [0.1, 0.15) is 30.8 Å². The molecule has 0 bridgehead atoms. The smallest absolute Gasteiger partial charge is 0.270 e. The minimum absolute atomic E-state index is 0.120. The van der Waals surface area contributed by atoms with Crippen LogP contribution in [0.15, 0.2) is 29.6 Å². The molecule has 0 saturated carbocycles. The van der Waals surface area contributed by atoms with Crippen molar-refractivity contribution < 1.29 is 4.79 Å². The summed E-state index contributed by atoms with van der Waals surface area (Å²) in [6, 6.07) is 7.59. The van der Waals surface area contributed by atoms with Crippen LogP contribution in [0.4, 0.5) is 0 Å². The van der Waals surface area contributed by atoms with E-state index in [0.29, 0.717) is 10.7 Å². The Labute approximate surface area is 121 Å². The zero-order valence-electron chi connectivity index (χ0n) is 10.8. The van der Waals surface area contributed by atoms with Crippen LogP contribution in [-0.2, 0) is 0 Å². The van der Waals surface area contributed by atoms with E-state index in [-0.39, 0.29) is 11.9 Å². The summed E-state index contributed by atoms with van der Waals surface area (Å²) >= 11 is 7.30. The van der Waals surface area contributed by atoms with Crippen LogP contribution in [0.5, 0.6) is 0 Å². The highest BCUT2D eigenvalue weighted by Crippen LogP contribution is 2.25. The molecule has 1 unspecified atom stereocenters. The molecule has 1 aromatic carbocycles. The van der Waals surface area contributed by atoms with E-state index in [1.165, 1.54) is 11.3 Å². The van der Waals surface area contributed by atoms with Crippen molar-refractivity contribution in [2.75, 3.05) is 0 Å². The van der Waals surface area contributed by atoms with Gasteiger partial charge in [0.25, 0.3) is 5.91 Å². The first-order valence-electron chi connectivity index (χ1n) is 6.12. The number of carbonyl (C=O) groups excluding carboxylic acids is 1. The third-order valence-electron chi connectivity index (χ3n) is 2.82. The molecule has 1 atom stereocenters. The molecule has 100 valence electrons. The fourth-order valence-corrected chi connectivity index (χ4v) is 2.44. The molecular weight excluding hydrogens is 280 g/mol. The van der Waals surface area contributed by atoms with Crippen LogP contribution >= 0.6 is 22.9 Å². The van der Waals surface area contributed by atoms with Crippen molar-refractivity contribution in [1.29, 1.82) is 0 Å². The first kappa shape index (κ1) is 14.0. The van der Waals surface area contributed by atoms with E-state index in [9.17, 15) is 4.79 Å². The van der Waals surface area contributed by atoms with Crippen molar-refractivity contribution in [3.8, 4) is 10.6 Å². The molecule has 1 heterocycles. The second-order valence-corrected chi connectivity index (χ2v) is 5.62. The highest BCUT2D eigenvalue weighted by atomic mass is 35.5. The molecule has 2 aromatic rings. The second-order valence-electron chi connectivity index (χ2n) is 4.33. The van der Waals surface area contributed by atoms with Gasteiger partial charge in [-0.3, -0.25) is 4.79 Å². The Bertz CT molecular complexity index is 565. The number of benzene rings is 1. The third kappa shape index (κ3) is 3.55. The molecule has 1 N–H and O–H groups in total. The maximum atomic E-state index is 11.9. The Morgan fingerprint density at radius 1 is 1.42 bits per heavy atom. The number of nitrogens with one attached hydrogen (secondary N) is 1. The van der Waals surface area contributed by atoms with Gasteiger partial charge in [0.1, 0.15) is 10.7 Å². The normalized spacial score (nSPS) is 12.2. The predicted molar refractivity (Wildman–Crippen MR) is 79.8 cm³/mol. The molecule has 2 rings (SSSR count). The molecule has 0 spiro atoms. The summed E-state index contributed by atoms with van der Waals surface area (Å²) in [5.74, 6) is -0.120. The highest BCUT2D eigenvalue weighted by Gasteiger charge is 2.13. The van der Waals surface area contributed by atoms with Gasteiger partial charge < -0.3 is 5.32 Å². The lowest BCUT2D eigenvalue weighted by Crippen LogP contribution is -2.32. The quantitative estimate of drug-likeness (QED) is 0.926. The number of carbonyl (C=O) groups is 1. The van der Waals surface area contributed by atoms with E-state index >= 15 is 0 Å². The van der Waals surface area contributed by atoms with Gasteiger partial charge in [0, 0.05) is 22.0 Å². The average Bonchev–Trinajstić information content (AvgIpc) is 2.89. The van der Waals surface area contributed by atoms with E-state index in [1.54, 1.807) is 5.38 Å². The third-order valence-corrected chi connectivity index (χ3v) is 3.96. The summed E-state index contributed by atoms with van der Waals surface area (Å²) in [7, 11) is 0. The fourth-order valence-electron chi connectivity index (χ4n) is 1.50. The summed E-state index contributed by atoms with van der Waals surface area (Å²) in [4.78, 5) is 16.3. The van der Waals surface area contributed by atoms with E-state index in [4.69, 9.17) is 11.6 Å². The van der Waals surface area contributed by atoms with Crippen LogP contribution in [0.2, 0.25) is 5.02 Å². The Balaban J connectivity index is 2.15. The second kappa shape index (κ2) is 6.17. The topological polar surface area (TPSA) is 42.0 Å². The van der Waals surface area contributed by atoms with E-state index in [2.05, 4.69) is 10.3 Å². The van der Waals surface area contributed by atoms with Crippen LogP contribution in [0.3, 0.4) is 0 Å². The monoisotopic (exact) mass is 294 g/mol. The number of aromatic nitrogens is 1. The molecule has 0 aliphatic rings. The molecule has 0 radical (unpaired) electrons. The van der Waals surface area contributed by atoms with Gasteiger partial charge in [-0.15, -0.1) is 11.3 Å². The van der Waals surface area contributed by atoms with Crippen molar-refractivity contribution in [3.63, 3.8) is 0 Å². The molecule has 0 aliphatic heterocycles. The van der Waals surface area contributed by atoms with Crippen LogP contribution in [0, 0.1) is 0 Å². The lowest BCUT2D eigenvalue weighted by atomic mass is 10.2. The van der Waals surface area contributed by atoms with Gasteiger partial charge in [-0.2, -0.15) is 0 Å². The molecule has 5 heteroatoms. The molecule has 0 aliphatic carbocycles. The summed E-state index contributed by atoms with van der Waals surface area (Å²) in [6.45, 7) is 4.01. The van der Waals surface area contributed by atoms with Gasteiger partial charge in [-0.05, 0) is 25.5 Å². The van der Waals surface area contributed by atoms with Crippen LogP contribution in [-0.4, -0.2) is 16.9 Å². The lowest BCUT2D eigenvalue weighted by Gasteiger charge is -2.09. The van der Waals surface area contributed by atoms with Crippen molar-refractivity contribution >= 4 is 28.8 Å². The van der Waals surface area contributed by atoms with Gasteiger partial charge in [0.05, 0.1) is 0 Å². The predicted octanol–water partition coefficient (Wildman–Crippen LogP) is 3.99. The number of hydrogen-bond acceptors (Lipinski definition) is 3. The summed E-state index contributed by atoms with van der Waals surface area (Å²) in [5, 5.41) is 6.20. The number of halogens is 1. The van der Waals surface area contributed by atoms with Crippen LogP contribution in [0.25, 0.3) is 10.6 Å². The minimum Gasteiger partial charge on any atom is -0.348 e. The maximum Gasteiger partial charge on any atom is 0.270 e. The Morgan fingerprint density at radius 3 is 2.74 bits per heavy atom. The van der Waals surface area contributed by atoms with Gasteiger partial charge in [0.2, 0.25) is 0 Å². The highest BCUT2D eigenvalue weighted by molar-refractivity contribution is 7.13. The maximum absolute atomic E-state index is 11.9. The molecular formula is C14H15ClN2OS. The van der Waals surface area contributed by atoms with Crippen molar-refractivity contribution in [2.45, 2.75) is 26.3 Å². The molecule has 3 nitrogen and oxygen atoms in total. The molecule has 19 heavy (non-hydrogen) atoms. The zero-order chi connectivity index (χ0) is 13.8. The molecule has 0 fully saturated rings. The fraction of sp³-hybridized carbons (Fsp3) is 0.286. The summed E-state index contributed by atoms with van der Waals surface area (Å²) in [6.07, 6.45) is 0.903. The van der Waals surface area contributed by atoms with Gasteiger partial charge in [-0.25, -0.2) is 4.98 Å². The van der Waals surface area contributed by atoms with Crippen molar-refractivity contribution in [1.82, 2.24) is 10.3 Å². The Hall–Kier alpha value is -1.39.